The SMILES string of the molecule is CC(=O)N[C@H]1[C@H](OCCCO)OC(C(=O)O)=C[C@@H]1O. The van der Waals surface area contributed by atoms with Crippen molar-refractivity contribution < 1.29 is 34.4 Å². The summed E-state index contributed by atoms with van der Waals surface area (Å²) in [5, 5.41) is 29.7. The molecule has 0 aromatic rings. The molecule has 1 aliphatic heterocycles. The minimum atomic E-state index is -1.34. The average Bonchev–Trinajstić information content (AvgIpc) is 2.32. The van der Waals surface area contributed by atoms with E-state index >= 15 is 0 Å². The Hall–Kier alpha value is -1.64. The van der Waals surface area contributed by atoms with Gasteiger partial charge >= 0.3 is 5.97 Å². The van der Waals surface area contributed by atoms with E-state index in [1.54, 1.807) is 0 Å². The third kappa shape index (κ3) is 4.51. The van der Waals surface area contributed by atoms with Crippen LogP contribution in [0.5, 0.6) is 0 Å². The van der Waals surface area contributed by atoms with Gasteiger partial charge in [0, 0.05) is 13.5 Å². The van der Waals surface area contributed by atoms with Crippen molar-refractivity contribution in [3.8, 4) is 0 Å². The number of nitrogens with one attached hydrogen (secondary N) is 1. The third-order valence-electron chi connectivity index (χ3n) is 2.39. The number of carbonyl (C=O) groups is 2. The molecule has 3 atom stereocenters. The molecule has 0 aromatic heterocycles. The van der Waals surface area contributed by atoms with Crippen LogP contribution < -0.4 is 5.32 Å². The van der Waals surface area contributed by atoms with Crippen molar-refractivity contribution in [1.82, 2.24) is 5.32 Å². The average molecular weight is 275 g/mol. The van der Waals surface area contributed by atoms with E-state index in [0.717, 1.165) is 6.08 Å². The summed E-state index contributed by atoms with van der Waals surface area (Å²) in [4.78, 5) is 21.9. The zero-order valence-electron chi connectivity index (χ0n) is 10.4. The highest BCUT2D eigenvalue weighted by Crippen LogP contribution is 2.19. The summed E-state index contributed by atoms with van der Waals surface area (Å²) >= 11 is 0. The van der Waals surface area contributed by atoms with Crippen LogP contribution >= 0.6 is 0 Å². The molecular weight excluding hydrogens is 258 g/mol. The minimum Gasteiger partial charge on any atom is -0.475 e. The number of hydrogen-bond acceptors (Lipinski definition) is 6. The van der Waals surface area contributed by atoms with Gasteiger partial charge in [-0.25, -0.2) is 4.79 Å². The van der Waals surface area contributed by atoms with Crippen LogP contribution in [0.25, 0.3) is 0 Å². The maximum absolute atomic E-state index is 11.0. The van der Waals surface area contributed by atoms with Crippen LogP contribution in [0.3, 0.4) is 0 Å². The fourth-order valence-corrected chi connectivity index (χ4v) is 1.57. The first kappa shape index (κ1) is 15.4. The lowest BCUT2D eigenvalue weighted by atomic mass is 10.1. The number of carboxylic acid groups (broad SMARTS) is 1. The van der Waals surface area contributed by atoms with E-state index < -0.39 is 36.1 Å². The Morgan fingerprint density at radius 2 is 2.21 bits per heavy atom. The maximum atomic E-state index is 11.0. The zero-order valence-corrected chi connectivity index (χ0v) is 10.4. The number of aliphatic hydroxyl groups is 2. The molecule has 8 nitrogen and oxygen atoms in total. The van der Waals surface area contributed by atoms with E-state index in [1.165, 1.54) is 6.92 Å². The molecule has 0 radical (unpaired) electrons. The van der Waals surface area contributed by atoms with Crippen molar-refractivity contribution in [3.63, 3.8) is 0 Å². The molecule has 19 heavy (non-hydrogen) atoms. The van der Waals surface area contributed by atoms with Gasteiger partial charge in [0.05, 0.1) is 6.61 Å². The Morgan fingerprint density at radius 1 is 1.53 bits per heavy atom. The molecule has 0 aliphatic carbocycles. The molecule has 0 saturated carbocycles. The summed E-state index contributed by atoms with van der Waals surface area (Å²) in [6.45, 7) is 1.27. The number of amides is 1. The highest BCUT2D eigenvalue weighted by atomic mass is 16.7. The van der Waals surface area contributed by atoms with Gasteiger partial charge in [-0.3, -0.25) is 4.79 Å². The number of carboxylic acids is 1. The molecule has 4 N–H and O–H groups in total. The highest BCUT2D eigenvalue weighted by Gasteiger charge is 2.37. The van der Waals surface area contributed by atoms with Crippen LogP contribution in [-0.4, -0.2) is 58.8 Å². The number of aliphatic carboxylic acids is 1. The van der Waals surface area contributed by atoms with Gasteiger partial charge in [-0.1, -0.05) is 0 Å². The van der Waals surface area contributed by atoms with Gasteiger partial charge in [-0.05, 0) is 12.5 Å². The number of carbonyl (C=O) groups excluding carboxylic acids is 1. The molecular formula is C11H17NO7. The topological polar surface area (TPSA) is 125 Å². The first-order valence-electron chi connectivity index (χ1n) is 5.75. The Morgan fingerprint density at radius 3 is 2.74 bits per heavy atom. The van der Waals surface area contributed by atoms with E-state index in [-0.39, 0.29) is 13.2 Å². The van der Waals surface area contributed by atoms with Crippen LogP contribution in [0.15, 0.2) is 11.8 Å². The van der Waals surface area contributed by atoms with Crippen molar-refractivity contribution in [2.45, 2.75) is 31.8 Å². The van der Waals surface area contributed by atoms with Crippen LogP contribution in [0.1, 0.15) is 13.3 Å². The summed E-state index contributed by atoms with van der Waals surface area (Å²) in [5.74, 6) is -2.19. The quantitative estimate of drug-likeness (QED) is 0.438. The van der Waals surface area contributed by atoms with E-state index in [4.69, 9.17) is 19.7 Å². The van der Waals surface area contributed by atoms with Crippen LogP contribution in [0, 0.1) is 0 Å². The summed E-state index contributed by atoms with van der Waals surface area (Å²) in [7, 11) is 0. The number of hydrogen-bond donors (Lipinski definition) is 4. The van der Waals surface area contributed by atoms with Crippen LogP contribution in [0.2, 0.25) is 0 Å². The molecule has 108 valence electrons. The molecule has 1 amide bonds. The standard InChI is InChI=1S/C11H17NO7/c1-6(14)12-9-7(15)5-8(10(16)17)19-11(9)18-4-2-3-13/h5,7,9,11,13,15H,2-4H2,1H3,(H,12,14)(H,16,17)/t7-,9+,11+/m0/s1. The second kappa shape index (κ2) is 7.07. The van der Waals surface area contributed by atoms with E-state index in [2.05, 4.69) is 5.32 Å². The number of aliphatic hydroxyl groups excluding tert-OH is 2. The zero-order chi connectivity index (χ0) is 14.4. The predicted octanol–water partition coefficient (Wildman–Crippen LogP) is -1.42. The van der Waals surface area contributed by atoms with Gasteiger partial charge in [0.2, 0.25) is 18.0 Å². The molecule has 0 unspecified atom stereocenters. The molecule has 0 saturated heterocycles. The van der Waals surface area contributed by atoms with E-state index in [9.17, 15) is 14.7 Å². The summed E-state index contributed by atoms with van der Waals surface area (Å²) in [5.41, 5.74) is 0. The van der Waals surface area contributed by atoms with Crippen molar-refractivity contribution >= 4 is 11.9 Å². The largest absolute Gasteiger partial charge is 0.475 e. The first-order chi connectivity index (χ1) is 8.95. The van der Waals surface area contributed by atoms with E-state index in [0.29, 0.717) is 6.42 Å². The van der Waals surface area contributed by atoms with Gasteiger partial charge in [0.15, 0.2) is 0 Å². The lowest BCUT2D eigenvalue weighted by molar-refractivity contribution is -0.175. The van der Waals surface area contributed by atoms with Crippen molar-refractivity contribution in [3.05, 3.63) is 11.8 Å². The predicted molar refractivity (Wildman–Crippen MR) is 61.9 cm³/mol. The van der Waals surface area contributed by atoms with Crippen LogP contribution in [0.4, 0.5) is 0 Å². The Labute approximate surface area is 109 Å². The molecule has 0 aromatic carbocycles. The Kier molecular flexibility index (Phi) is 5.74. The first-order valence-corrected chi connectivity index (χ1v) is 5.75. The smallest absolute Gasteiger partial charge is 0.371 e. The molecule has 0 bridgehead atoms. The van der Waals surface area contributed by atoms with Crippen molar-refractivity contribution in [2.75, 3.05) is 13.2 Å². The van der Waals surface area contributed by atoms with Gasteiger partial charge in [0.25, 0.3) is 0 Å². The summed E-state index contributed by atoms with van der Waals surface area (Å²) in [6.07, 6.45) is -1.03. The van der Waals surface area contributed by atoms with Gasteiger partial charge in [0.1, 0.15) is 12.1 Å². The summed E-state index contributed by atoms with van der Waals surface area (Å²) < 4.78 is 10.3. The monoisotopic (exact) mass is 275 g/mol. The van der Waals surface area contributed by atoms with Crippen molar-refractivity contribution in [1.29, 1.82) is 0 Å². The fourth-order valence-electron chi connectivity index (χ4n) is 1.57. The van der Waals surface area contributed by atoms with E-state index in [1.807, 2.05) is 0 Å². The lowest BCUT2D eigenvalue weighted by Gasteiger charge is -2.33. The molecule has 0 spiro atoms. The van der Waals surface area contributed by atoms with Gasteiger partial charge in [-0.2, -0.15) is 0 Å². The van der Waals surface area contributed by atoms with Gasteiger partial charge < -0.3 is 30.1 Å². The third-order valence-corrected chi connectivity index (χ3v) is 2.39. The van der Waals surface area contributed by atoms with Crippen molar-refractivity contribution in [2.24, 2.45) is 0 Å². The molecule has 1 heterocycles. The second-order valence-electron chi connectivity index (χ2n) is 3.99. The minimum absolute atomic E-state index is 0.0955. The molecule has 1 rings (SSSR count). The number of rotatable bonds is 6. The Bertz CT molecular complexity index is 368. The van der Waals surface area contributed by atoms with Gasteiger partial charge in [-0.15, -0.1) is 0 Å². The number of ether oxygens (including phenoxy) is 2. The summed E-state index contributed by atoms with van der Waals surface area (Å²) in [6, 6.07) is -0.903. The molecule has 8 heteroatoms. The Balaban J connectivity index is 2.78. The molecule has 1 aliphatic rings. The highest BCUT2D eigenvalue weighted by molar-refractivity contribution is 5.84. The fraction of sp³-hybridized carbons (Fsp3) is 0.636. The molecule has 0 fully saturated rings. The van der Waals surface area contributed by atoms with Crippen LogP contribution in [-0.2, 0) is 19.1 Å². The maximum Gasteiger partial charge on any atom is 0.371 e. The lowest BCUT2D eigenvalue weighted by Crippen LogP contribution is -2.54. The second-order valence-corrected chi connectivity index (χ2v) is 3.99. The normalized spacial score (nSPS) is 26.3.